The third-order valence-electron chi connectivity index (χ3n) is 3.30. The highest BCUT2D eigenvalue weighted by molar-refractivity contribution is 5.79. The van der Waals surface area contributed by atoms with Crippen LogP contribution in [-0.4, -0.2) is 48.5 Å². The molecule has 1 aliphatic heterocycles. The van der Waals surface area contributed by atoms with Crippen molar-refractivity contribution in [3.05, 3.63) is 24.3 Å². The largest absolute Gasteiger partial charge is 0.479 e. The molecule has 0 spiro atoms. The minimum absolute atomic E-state index is 0.0905. The summed E-state index contributed by atoms with van der Waals surface area (Å²) in [6, 6.07) is 7.81. The first-order valence-electron chi connectivity index (χ1n) is 5.93. The second kappa shape index (κ2) is 4.49. The van der Waals surface area contributed by atoms with Crippen molar-refractivity contribution in [2.45, 2.75) is 12.5 Å². The number of anilines is 2. The molecule has 1 unspecified atom stereocenters. The molecule has 0 saturated carbocycles. The van der Waals surface area contributed by atoms with Crippen LogP contribution in [0.15, 0.2) is 24.3 Å². The molecule has 0 fully saturated rings. The van der Waals surface area contributed by atoms with Crippen LogP contribution < -0.4 is 9.80 Å². The summed E-state index contributed by atoms with van der Waals surface area (Å²) in [5.74, 6) is -1.20. The van der Waals surface area contributed by atoms with Gasteiger partial charge in [-0.05, 0) is 19.1 Å². The fourth-order valence-electron chi connectivity index (χ4n) is 2.17. The molecule has 1 atom stereocenters. The molecule has 0 saturated heterocycles. The lowest BCUT2D eigenvalue weighted by Gasteiger charge is -2.39. The Bertz CT molecular complexity index is 459. The van der Waals surface area contributed by atoms with Gasteiger partial charge in [0.05, 0.1) is 17.9 Å². The van der Waals surface area contributed by atoms with E-state index in [9.17, 15) is 9.90 Å². The fraction of sp³-hybridized carbons (Fsp3) is 0.462. The van der Waals surface area contributed by atoms with Crippen molar-refractivity contribution in [2.75, 3.05) is 36.5 Å². The number of nitrogens with zero attached hydrogens (tertiary/aromatic N) is 2. The number of carboxylic acid groups (broad SMARTS) is 1. The van der Waals surface area contributed by atoms with Gasteiger partial charge >= 0.3 is 5.97 Å². The molecule has 0 radical (unpaired) electrons. The number of para-hydroxylation sites is 2. The molecule has 2 N–H and O–H groups in total. The Morgan fingerprint density at radius 3 is 2.56 bits per heavy atom. The van der Waals surface area contributed by atoms with E-state index in [2.05, 4.69) is 4.90 Å². The molecule has 18 heavy (non-hydrogen) atoms. The molecule has 0 amide bonds. The van der Waals surface area contributed by atoms with Gasteiger partial charge in [-0.2, -0.15) is 0 Å². The summed E-state index contributed by atoms with van der Waals surface area (Å²) in [5, 5.41) is 18.9. The zero-order chi connectivity index (χ0) is 13.3. The van der Waals surface area contributed by atoms with Crippen molar-refractivity contribution in [1.29, 1.82) is 0 Å². The Kier molecular flexibility index (Phi) is 3.17. The van der Waals surface area contributed by atoms with Crippen molar-refractivity contribution in [3.8, 4) is 0 Å². The van der Waals surface area contributed by atoms with Crippen LogP contribution in [0.2, 0.25) is 0 Å². The topological polar surface area (TPSA) is 64.0 Å². The molecular weight excluding hydrogens is 232 g/mol. The number of β-amino-alcohol motifs (C(OH)–C–C–N with tert-alkyl or cyclic N) is 1. The van der Waals surface area contributed by atoms with Gasteiger partial charge in [0.15, 0.2) is 5.60 Å². The van der Waals surface area contributed by atoms with Crippen molar-refractivity contribution in [2.24, 2.45) is 0 Å². The number of fused-ring (bicyclic) bond motifs is 1. The highest BCUT2D eigenvalue weighted by Gasteiger charge is 2.34. The molecule has 1 aromatic rings. The van der Waals surface area contributed by atoms with E-state index in [0.717, 1.165) is 17.9 Å². The number of hydrogen-bond donors (Lipinski definition) is 2. The van der Waals surface area contributed by atoms with E-state index < -0.39 is 11.6 Å². The van der Waals surface area contributed by atoms with E-state index in [-0.39, 0.29) is 6.54 Å². The SMILES string of the molecule is CN1CCN(CC(C)(O)C(=O)O)c2ccccc21. The van der Waals surface area contributed by atoms with Gasteiger partial charge in [0.1, 0.15) is 0 Å². The summed E-state index contributed by atoms with van der Waals surface area (Å²) in [4.78, 5) is 15.0. The molecule has 0 aromatic heterocycles. The smallest absolute Gasteiger partial charge is 0.337 e. The number of likely N-dealkylation sites (N-methyl/N-ethyl adjacent to an activating group) is 1. The number of aliphatic carboxylic acids is 1. The molecule has 2 rings (SSSR count). The summed E-state index contributed by atoms with van der Waals surface area (Å²) < 4.78 is 0. The van der Waals surface area contributed by atoms with Crippen LogP contribution in [0.1, 0.15) is 6.92 Å². The Morgan fingerprint density at radius 1 is 1.33 bits per heavy atom. The van der Waals surface area contributed by atoms with Gasteiger partial charge in [-0.15, -0.1) is 0 Å². The van der Waals surface area contributed by atoms with Crippen LogP contribution in [0.5, 0.6) is 0 Å². The van der Waals surface area contributed by atoms with E-state index >= 15 is 0 Å². The van der Waals surface area contributed by atoms with Gasteiger partial charge in [0.25, 0.3) is 0 Å². The maximum atomic E-state index is 11.0. The number of benzene rings is 1. The Morgan fingerprint density at radius 2 is 1.94 bits per heavy atom. The average Bonchev–Trinajstić information content (AvgIpc) is 2.33. The maximum Gasteiger partial charge on any atom is 0.337 e. The molecule has 98 valence electrons. The second-order valence-electron chi connectivity index (χ2n) is 4.91. The monoisotopic (exact) mass is 250 g/mol. The second-order valence-corrected chi connectivity index (χ2v) is 4.91. The van der Waals surface area contributed by atoms with Crippen LogP contribution in [0.25, 0.3) is 0 Å². The minimum atomic E-state index is -1.73. The van der Waals surface area contributed by atoms with Crippen molar-refractivity contribution < 1.29 is 15.0 Å². The maximum absolute atomic E-state index is 11.0. The van der Waals surface area contributed by atoms with E-state index in [1.807, 2.05) is 36.2 Å². The highest BCUT2D eigenvalue weighted by Crippen LogP contribution is 2.32. The normalized spacial score (nSPS) is 18.2. The van der Waals surface area contributed by atoms with Gasteiger partial charge < -0.3 is 20.0 Å². The van der Waals surface area contributed by atoms with Crippen molar-refractivity contribution in [3.63, 3.8) is 0 Å². The number of rotatable bonds is 3. The standard InChI is InChI=1S/C13H18N2O3/c1-13(18,12(16)17)9-15-8-7-14(2)10-5-3-4-6-11(10)15/h3-6,18H,7-9H2,1-2H3,(H,16,17). The Hall–Kier alpha value is -1.75. The summed E-state index contributed by atoms with van der Waals surface area (Å²) in [7, 11) is 2.01. The van der Waals surface area contributed by atoms with Crippen LogP contribution in [-0.2, 0) is 4.79 Å². The minimum Gasteiger partial charge on any atom is -0.479 e. The van der Waals surface area contributed by atoms with Crippen LogP contribution in [0, 0.1) is 0 Å². The van der Waals surface area contributed by atoms with Crippen molar-refractivity contribution >= 4 is 17.3 Å². The van der Waals surface area contributed by atoms with E-state index in [1.54, 1.807) is 0 Å². The van der Waals surface area contributed by atoms with E-state index in [1.165, 1.54) is 6.92 Å². The lowest BCUT2D eigenvalue weighted by molar-refractivity contribution is -0.155. The highest BCUT2D eigenvalue weighted by atomic mass is 16.4. The molecule has 5 heteroatoms. The first-order valence-corrected chi connectivity index (χ1v) is 5.93. The number of carboxylic acids is 1. The summed E-state index contributed by atoms with van der Waals surface area (Å²) in [5.41, 5.74) is 0.293. The molecular formula is C13H18N2O3. The zero-order valence-electron chi connectivity index (χ0n) is 10.6. The Balaban J connectivity index is 2.27. The van der Waals surface area contributed by atoms with E-state index in [0.29, 0.717) is 6.54 Å². The zero-order valence-corrected chi connectivity index (χ0v) is 10.6. The molecule has 1 aromatic carbocycles. The molecule has 5 nitrogen and oxygen atoms in total. The van der Waals surface area contributed by atoms with Gasteiger partial charge in [0, 0.05) is 20.1 Å². The number of aliphatic hydroxyl groups is 1. The molecule has 1 aliphatic rings. The number of carbonyl (C=O) groups is 1. The Labute approximate surface area is 106 Å². The van der Waals surface area contributed by atoms with Crippen LogP contribution in [0.4, 0.5) is 11.4 Å². The predicted octanol–water partition coefficient (Wildman–Crippen LogP) is 0.778. The lowest BCUT2D eigenvalue weighted by atomic mass is 10.0. The summed E-state index contributed by atoms with van der Waals surface area (Å²) in [6.45, 7) is 2.94. The summed E-state index contributed by atoms with van der Waals surface area (Å²) >= 11 is 0. The van der Waals surface area contributed by atoms with Gasteiger partial charge in [-0.1, -0.05) is 12.1 Å². The number of hydrogen-bond acceptors (Lipinski definition) is 4. The van der Waals surface area contributed by atoms with Crippen LogP contribution >= 0.6 is 0 Å². The predicted molar refractivity (Wildman–Crippen MR) is 70.2 cm³/mol. The van der Waals surface area contributed by atoms with E-state index in [4.69, 9.17) is 5.11 Å². The molecule has 0 bridgehead atoms. The lowest BCUT2D eigenvalue weighted by Crippen LogP contribution is -2.50. The molecule has 0 aliphatic carbocycles. The average molecular weight is 250 g/mol. The first kappa shape index (κ1) is 12.7. The van der Waals surface area contributed by atoms with Crippen molar-refractivity contribution in [1.82, 2.24) is 0 Å². The quantitative estimate of drug-likeness (QED) is 0.830. The fourth-order valence-corrected chi connectivity index (χ4v) is 2.17. The van der Waals surface area contributed by atoms with Gasteiger partial charge in [-0.3, -0.25) is 0 Å². The van der Waals surface area contributed by atoms with Gasteiger partial charge in [-0.25, -0.2) is 4.79 Å². The van der Waals surface area contributed by atoms with Gasteiger partial charge in [0.2, 0.25) is 0 Å². The summed E-state index contributed by atoms with van der Waals surface area (Å²) in [6.07, 6.45) is 0. The third-order valence-corrected chi connectivity index (χ3v) is 3.30. The third kappa shape index (κ3) is 2.26. The molecule has 1 heterocycles. The first-order chi connectivity index (χ1) is 8.42. The van der Waals surface area contributed by atoms with Crippen LogP contribution in [0.3, 0.4) is 0 Å².